The molecule has 0 saturated carbocycles. The van der Waals surface area contributed by atoms with Gasteiger partial charge < -0.3 is 30.1 Å². The van der Waals surface area contributed by atoms with Crippen LogP contribution >= 0.6 is 0 Å². The Bertz CT molecular complexity index is 1070. The number of rotatable bonds is 13. The Morgan fingerprint density at radius 3 is 2.14 bits per heavy atom. The van der Waals surface area contributed by atoms with Crippen molar-refractivity contribution in [2.75, 3.05) is 31.1 Å². The van der Waals surface area contributed by atoms with Crippen molar-refractivity contribution in [3.63, 3.8) is 0 Å². The van der Waals surface area contributed by atoms with Crippen LogP contribution in [0.25, 0.3) is 10.8 Å². The highest BCUT2D eigenvalue weighted by Crippen LogP contribution is 2.32. The molecule has 9 nitrogen and oxygen atoms in total. The number of anilines is 1. The van der Waals surface area contributed by atoms with E-state index >= 15 is 0 Å². The molecule has 1 fully saturated rings. The number of nitrogens with zero attached hydrogens (tertiary/aromatic N) is 1. The van der Waals surface area contributed by atoms with Crippen molar-refractivity contribution >= 4 is 26.5 Å². The molecule has 5 N–H and O–H groups in total. The van der Waals surface area contributed by atoms with Crippen LogP contribution in [-0.4, -0.2) is 85.6 Å². The smallest absolute Gasteiger partial charge is 0.241 e. The molecule has 1 saturated heterocycles. The lowest BCUT2D eigenvalue weighted by Crippen LogP contribution is -2.58. The van der Waals surface area contributed by atoms with Crippen molar-refractivity contribution in [2.24, 2.45) is 0 Å². The first-order chi connectivity index (χ1) is 17.2. The average molecular weight is 525 g/mol. The van der Waals surface area contributed by atoms with Gasteiger partial charge in [-0.05, 0) is 31.4 Å². The Hall–Kier alpha value is -1.79. The summed E-state index contributed by atoms with van der Waals surface area (Å²) in [6.07, 6.45) is -1.98. The van der Waals surface area contributed by atoms with E-state index < -0.39 is 47.2 Å². The molecule has 1 aliphatic heterocycles. The van der Waals surface area contributed by atoms with Crippen LogP contribution < -0.4 is 9.62 Å². The van der Waals surface area contributed by atoms with Crippen LogP contribution in [0.2, 0.25) is 0 Å². The minimum atomic E-state index is -3.89. The molecular formula is C26H40N2O7S. The Morgan fingerprint density at radius 2 is 1.50 bits per heavy atom. The number of hydrogen-bond acceptors (Lipinski definition) is 8. The van der Waals surface area contributed by atoms with E-state index in [1.165, 1.54) is 0 Å². The number of benzene rings is 2. The molecule has 2 aromatic carbocycles. The maximum Gasteiger partial charge on any atom is 0.241 e. The minimum absolute atomic E-state index is 0.0541. The van der Waals surface area contributed by atoms with Gasteiger partial charge in [-0.25, -0.2) is 13.1 Å². The van der Waals surface area contributed by atoms with E-state index in [9.17, 15) is 28.8 Å². The predicted molar refractivity (Wildman–Crippen MR) is 140 cm³/mol. The second kappa shape index (κ2) is 13.1. The summed E-state index contributed by atoms with van der Waals surface area (Å²) in [6, 6.07) is 11.0. The van der Waals surface area contributed by atoms with Crippen molar-refractivity contribution in [1.82, 2.24) is 4.72 Å². The monoisotopic (exact) mass is 524 g/mol. The van der Waals surface area contributed by atoms with Crippen LogP contribution in [0.1, 0.15) is 46.0 Å². The molecule has 0 radical (unpaired) electrons. The van der Waals surface area contributed by atoms with Gasteiger partial charge in [-0.3, -0.25) is 0 Å². The van der Waals surface area contributed by atoms with Crippen molar-refractivity contribution < 1.29 is 33.6 Å². The highest BCUT2D eigenvalue weighted by molar-refractivity contribution is 7.89. The lowest BCUT2D eigenvalue weighted by atomic mass is 9.94. The molecule has 10 heteroatoms. The summed E-state index contributed by atoms with van der Waals surface area (Å²) in [7, 11) is -3.89. The van der Waals surface area contributed by atoms with Gasteiger partial charge >= 0.3 is 0 Å². The third-order valence-corrected chi connectivity index (χ3v) is 8.28. The van der Waals surface area contributed by atoms with Crippen molar-refractivity contribution in [3.8, 4) is 0 Å². The van der Waals surface area contributed by atoms with Crippen LogP contribution in [0.15, 0.2) is 41.3 Å². The molecule has 0 bridgehead atoms. The standard InChI is InChI=1S/C26H40N2O7S/c1-3-5-15-28(16-6-4-2)20-11-7-10-19-18(20)9-8-12-23(19)36(33,34)27-14-13-21-24(30)26(32)25(31)22(17-29)35-21/h7-12,21-22,24-27,29-32H,3-6,13-17H2,1-2H3/t21-,22+,24-,25+,26+/m0/s1. The first-order valence-electron chi connectivity index (χ1n) is 12.8. The number of aliphatic hydroxyl groups excluding tert-OH is 4. The predicted octanol–water partition coefficient (Wildman–Crippen LogP) is 1.76. The molecule has 0 amide bonds. The number of fused-ring (bicyclic) bond motifs is 1. The maximum absolute atomic E-state index is 13.3. The molecule has 0 aromatic heterocycles. The maximum atomic E-state index is 13.3. The zero-order valence-electron chi connectivity index (χ0n) is 21.1. The summed E-state index contributed by atoms with van der Waals surface area (Å²) in [5.41, 5.74) is 1.02. The van der Waals surface area contributed by atoms with E-state index in [1.54, 1.807) is 12.1 Å². The molecule has 0 aliphatic carbocycles. The highest BCUT2D eigenvalue weighted by atomic mass is 32.2. The van der Waals surface area contributed by atoms with Crippen LogP contribution in [-0.2, 0) is 14.8 Å². The second-order valence-corrected chi connectivity index (χ2v) is 11.1. The SMILES string of the molecule is CCCCN(CCCC)c1cccc2c(S(=O)(=O)NCC[C@@H]3O[C@H](CO)[C@@H](O)[C@H](O)[C@H]3O)cccc12. The summed E-state index contributed by atoms with van der Waals surface area (Å²) in [5, 5.41) is 41.0. The zero-order valence-corrected chi connectivity index (χ0v) is 21.9. The Morgan fingerprint density at radius 1 is 0.889 bits per heavy atom. The van der Waals surface area contributed by atoms with Gasteiger partial charge in [0, 0.05) is 36.1 Å². The van der Waals surface area contributed by atoms with Gasteiger partial charge in [-0.2, -0.15) is 0 Å². The normalized spacial score (nSPS) is 24.8. The second-order valence-electron chi connectivity index (χ2n) is 9.38. The van der Waals surface area contributed by atoms with E-state index in [-0.39, 0.29) is 17.9 Å². The lowest BCUT2D eigenvalue weighted by molar-refractivity contribution is -0.229. The van der Waals surface area contributed by atoms with Crippen LogP contribution in [0.5, 0.6) is 0 Å². The number of ether oxygens (including phenoxy) is 1. The third-order valence-electron chi connectivity index (χ3n) is 6.76. The van der Waals surface area contributed by atoms with Crippen molar-refractivity contribution in [2.45, 2.75) is 81.4 Å². The van der Waals surface area contributed by atoms with E-state index in [0.29, 0.717) is 5.39 Å². The molecule has 202 valence electrons. The van der Waals surface area contributed by atoms with Crippen LogP contribution in [0.4, 0.5) is 5.69 Å². The number of unbranched alkanes of at least 4 members (excludes halogenated alkanes) is 2. The number of sulfonamides is 1. The molecule has 1 aliphatic rings. The fourth-order valence-corrected chi connectivity index (χ4v) is 5.92. The zero-order chi connectivity index (χ0) is 26.3. The molecule has 36 heavy (non-hydrogen) atoms. The van der Waals surface area contributed by atoms with Gasteiger partial charge in [-0.1, -0.05) is 51.0 Å². The van der Waals surface area contributed by atoms with E-state index in [2.05, 4.69) is 23.5 Å². The Balaban J connectivity index is 1.79. The third kappa shape index (κ3) is 6.55. The largest absolute Gasteiger partial charge is 0.394 e. The van der Waals surface area contributed by atoms with Gasteiger partial charge in [0.15, 0.2) is 0 Å². The Kier molecular flexibility index (Phi) is 10.5. The summed E-state index contributed by atoms with van der Waals surface area (Å²) in [4.78, 5) is 2.50. The molecule has 1 heterocycles. The topological polar surface area (TPSA) is 140 Å². The molecule has 5 atom stereocenters. The molecule has 3 rings (SSSR count). The van der Waals surface area contributed by atoms with Gasteiger partial charge in [0.2, 0.25) is 10.0 Å². The quantitative estimate of drug-likeness (QED) is 0.267. The highest BCUT2D eigenvalue weighted by Gasteiger charge is 2.43. The average Bonchev–Trinajstić information content (AvgIpc) is 2.88. The summed E-state index contributed by atoms with van der Waals surface area (Å²) in [5.74, 6) is 0. The number of aliphatic hydroxyl groups is 4. The van der Waals surface area contributed by atoms with Gasteiger partial charge in [0.25, 0.3) is 0 Å². The molecule has 0 spiro atoms. The summed E-state index contributed by atoms with van der Waals surface area (Å²) < 4.78 is 34.6. The summed E-state index contributed by atoms with van der Waals surface area (Å²) in [6.45, 7) is 5.54. The fraction of sp³-hybridized carbons (Fsp3) is 0.615. The first kappa shape index (κ1) is 28.8. The van der Waals surface area contributed by atoms with Gasteiger partial charge in [0.1, 0.15) is 24.4 Å². The van der Waals surface area contributed by atoms with Crippen molar-refractivity contribution in [1.29, 1.82) is 0 Å². The first-order valence-corrected chi connectivity index (χ1v) is 14.3. The fourth-order valence-electron chi connectivity index (χ4n) is 4.66. The number of hydrogen-bond donors (Lipinski definition) is 5. The molecule has 2 aromatic rings. The van der Waals surface area contributed by atoms with E-state index in [4.69, 9.17) is 4.74 Å². The van der Waals surface area contributed by atoms with Crippen molar-refractivity contribution in [3.05, 3.63) is 36.4 Å². The summed E-state index contributed by atoms with van der Waals surface area (Å²) >= 11 is 0. The van der Waals surface area contributed by atoms with Gasteiger partial charge in [0.05, 0.1) is 17.6 Å². The van der Waals surface area contributed by atoms with Crippen LogP contribution in [0.3, 0.4) is 0 Å². The van der Waals surface area contributed by atoms with E-state index in [0.717, 1.165) is 49.8 Å². The molecule has 0 unspecified atom stereocenters. The minimum Gasteiger partial charge on any atom is -0.394 e. The Labute approximate surface area is 213 Å². The van der Waals surface area contributed by atoms with Crippen LogP contribution in [0, 0.1) is 0 Å². The van der Waals surface area contributed by atoms with Gasteiger partial charge in [-0.15, -0.1) is 0 Å². The van der Waals surface area contributed by atoms with E-state index in [1.807, 2.05) is 24.3 Å². The molecular weight excluding hydrogens is 484 g/mol. The number of nitrogens with one attached hydrogen (secondary N) is 1. The lowest BCUT2D eigenvalue weighted by Gasteiger charge is -2.40.